The normalized spacial score (nSPS) is 10.8. The quantitative estimate of drug-likeness (QED) is 0.785. The van der Waals surface area contributed by atoms with Crippen LogP contribution in [0.5, 0.6) is 0 Å². The van der Waals surface area contributed by atoms with Crippen molar-refractivity contribution < 1.29 is 9.90 Å². The number of rotatable bonds is 8. The summed E-state index contributed by atoms with van der Waals surface area (Å²) in [6.07, 6.45) is 3.89. The van der Waals surface area contributed by atoms with Crippen molar-refractivity contribution in [3.63, 3.8) is 0 Å². The van der Waals surface area contributed by atoms with Crippen LogP contribution in [0.25, 0.3) is 0 Å². The molecule has 0 atom stereocenters. The predicted molar refractivity (Wildman–Crippen MR) is 83.1 cm³/mol. The van der Waals surface area contributed by atoms with Crippen molar-refractivity contribution in [2.75, 3.05) is 13.2 Å². The number of carbonyl (C=O) groups excluding carboxylic acids is 1. The van der Waals surface area contributed by atoms with Crippen LogP contribution in [0, 0.1) is 6.92 Å². The third-order valence-corrected chi connectivity index (χ3v) is 4.33. The number of H-pyrrole nitrogens is 1. The van der Waals surface area contributed by atoms with Crippen molar-refractivity contribution in [1.82, 2.24) is 14.9 Å². The van der Waals surface area contributed by atoms with E-state index in [1.165, 1.54) is 4.88 Å². The predicted octanol–water partition coefficient (Wildman–Crippen LogP) is 2.12. The molecule has 0 aromatic carbocycles. The van der Waals surface area contributed by atoms with Gasteiger partial charge in [-0.15, -0.1) is 11.3 Å². The maximum Gasteiger partial charge on any atom is 0.223 e. The van der Waals surface area contributed by atoms with Gasteiger partial charge in [0.15, 0.2) is 0 Å². The van der Waals surface area contributed by atoms with E-state index < -0.39 is 0 Å². The summed E-state index contributed by atoms with van der Waals surface area (Å²) < 4.78 is 0. The van der Waals surface area contributed by atoms with Gasteiger partial charge >= 0.3 is 0 Å². The number of imidazole rings is 1. The van der Waals surface area contributed by atoms with Crippen LogP contribution >= 0.6 is 11.3 Å². The van der Waals surface area contributed by atoms with E-state index in [1.807, 2.05) is 13.0 Å². The molecule has 21 heavy (non-hydrogen) atoms. The zero-order valence-electron chi connectivity index (χ0n) is 12.2. The van der Waals surface area contributed by atoms with Gasteiger partial charge in [-0.2, -0.15) is 0 Å². The Labute approximate surface area is 128 Å². The van der Waals surface area contributed by atoms with Gasteiger partial charge in [-0.3, -0.25) is 4.79 Å². The van der Waals surface area contributed by atoms with E-state index in [9.17, 15) is 4.79 Å². The lowest BCUT2D eigenvalue weighted by atomic mass is 10.2. The molecular weight excluding hydrogens is 286 g/mol. The molecule has 0 saturated carbocycles. The third kappa shape index (κ3) is 4.68. The van der Waals surface area contributed by atoms with E-state index in [1.54, 1.807) is 22.6 Å². The second kappa shape index (κ2) is 7.95. The number of aryl methyl sites for hydroxylation is 2. The number of hydrogen-bond acceptors (Lipinski definition) is 4. The Kier molecular flexibility index (Phi) is 5.95. The van der Waals surface area contributed by atoms with Gasteiger partial charge in [0.2, 0.25) is 5.91 Å². The van der Waals surface area contributed by atoms with E-state index in [4.69, 9.17) is 5.11 Å². The Morgan fingerprint density at radius 2 is 2.38 bits per heavy atom. The number of amides is 1. The standard InChI is InChI=1S/C15H21N3O2S/c1-12-14(17-11-16-12)10-18(7-8-19)15(20)6-2-4-13-5-3-9-21-13/h3,5,9,11,19H,2,4,6-8,10H2,1H3,(H,16,17). The first-order valence-electron chi connectivity index (χ1n) is 7.10. The molecule has 2 aromatic rings. The first kappa shape index (κ1) is 15.7. The smallest absolute Gasteiger partial charge is 0.223 e. The lowest BCUT2D eigenvalue weighted by molar-refractivity contribution is -0.132. The minimum absolute atomic E-state index is 0.0276. The Balaban J connectivity index is 1.85. The topological polar surface area (TPSA) is 69.2 Å². The molecule has 0 bridgehead atoms. The lowest BCUT2D eigenvalue weighted by Gasteiger charge is -2.21. The fraction of sp³-hybridized carbons (Fsp3) is 0.467. The molecule has 0 spiro atoms. The molecule has 0 radical (unpaired) electrons. The van der Waals surface area contributed by atoms with E-state index in [0.29, 0.717) is 19.5 Å². The molecule has 0 fully saturated rings. The number of nitrogens with one attached hydrogen (secondary N) is 1. The minimum atomic E-state index is -0.0276. The second-order valence-electron chi connectivity index (χ2n) is 4.95. The molecule has 0 aliphatic heterocycles. The van der Waals surface area contributed by atoms with Crippen molar-refractivity contribution in [3.8, 4) is 0 Å². The van der Waals surface area contributed by atoms with Crippen LogP contribution in [0.2, 0.25) is 0 Å². The van der Waals surface area contributed by atoms with Crippen LogP contribution in [0.1, 0.15) is 29.1 Å². The van der Waals surface area contributed by atoms with Gasteiger partial charge in [-0.05, 0) is 31.2 Å². The highest BCUT2D eigenvalue weighted by atomic mass is 32.1. The molecule has 2 rings (SSSR count). The van der Waals surface area contributed by atoms with Crippen LogP contribution in [0.15, 0.2) is 23.8 Å². The maximum absolute atomic E-state index is 12.3. The summed E-state index contributed by atoms with van der Waals surface area (Å²) in [5, 5.41) is 11.2. The molecule has 2 heterocycles. The Morgan fingerprint density at radius 3 is 3.00 bits per heavy atom. The minimum Gasteiger partial charge on any atom is -0.395 e. The molecule has 6 heteroatoms. The Bertz CT molecular complexity index is 551. The summed E-state index contributed by atoms with van der Waals surface area (Å²) in [4.78, 5) is 22.5. The number of carbonyl (C=O) groups is 1. The molecule has 0 unspecified atom stereocenters. The Hall–Kier alpha value is -1.66. The SMILES string of the molecule is Cc1[nH]cnc1CN(CCO)C(=O)CCCc1cccs1. The molecule has 0 aliphatic carbocycles. The first-order valence-corrected chi connectivity index (χ1v) is 7.98. The molecule has 0 saturated heterocycles. The molecule has 5 nitrogen and oxygen atoms in total. The largest absolute Gasteiger partial charge is 0.395 e. The molecular formula is C15H21N3O2S. The molecule has 114 valence electrons. The van der Waals surface area contributed by atoms with Crippen LogP contribution in [-0.4, -0.2) is 39.0 Å². The van der Waals surface area contributed by atoms with Gasteiger partial charge in [0.1, 0.15) is 0 Å². The maximum atomic E-state index is 12.3. The van der Waals surface area contributed by atoms with Gasteiger partial charge in [-0.25, -0.2) is 4.98 Å². The van der Waals surface area contributed by atoms with Gasteiger partial charge in [0, 0.05) is 23.5 Å². The average Bonchev–Trinajstić information content (AvgIpc) is 3.11. The molecule has 1 amide bonds. The average molecular weight is 307 g/mol. The zero-order valence-corrected chi connectivity index (χ0v) is 13.0. The van der Waals surface area contributed by atoms with Gasteiger partial charge in [-0.1, -0.05) is 6.07 Å². The lowest BCUT2D eigenvalue weighted by Crippen LogP contribution is -2.33. The van der Waals surface area contributed by atoms with Crippen molar-refractivity contribution in [2.24, 2.45) is 0 Å². The van der Waals surface area contributed by atoms with Crippen LogP contribution in [-0.2, 0) is 17.8 Å². The van der Waals surface area contributed by atoms with Gasteiger partial charge < -0.3 is 15.0 Å². The molecule has 2 N–H and O–H groups in total. The number of aromatic amines is 1. The number of thiophene rings is 1. The van der Waals surface area contributed by atoms with Crippen molar-refractivity contribution >= 4 is 17.2 Å². The van der Waals surface area contributed by atoms with Crippen LogP contribution in [0.3, 0.4) is 0 Å². The Morgan fingerprint density at radius 1 is 1.52 bits per heavy atom. The highest BCUT2D eigenvalue weighted by molar-refractivity contribution is 7.09. The number of aromatic nitrogens is 2. The number of aliphatic hydroxyl groups excluding tert-OH is 1. The number of nitrogens with zero attached hydrogens (tertiary/aromatic N) is 2. The van der Waals surface area contributed by atoms with E-state index in [0.717, 1.165) is 24.2 Å². The molecule has 2 aromatic heterocycles. The third-order valence-electron chi connectivity index (χ3n) is 3.39. The van der Waals surface area contributed by atoms with E-state index >= 15 is 0 Å². The van der Waals surface area contributed by atoms with Crippen molar-refractivity contribution in [2.45, 2.75) is 32.7 Å². The summed E-state index contributed by atoms with van der Waals surface area (Å²) in [6.45, 7) is 2.71. The summed E-state index contributed by atoms with van der Waals surface area (Å²) in [7, 11) is 0. The summed E-state index contributed by atoms with van der Waals surface area (Å²) in [6, 6.07) is 4.12. The van der Waals surface area contributed by atoms with Crippen molar-refractivity contribution in [3.05, 3.63) is 40.1 Å². The van der Waals surface area contributed by atoms with Gasteiger partial charge in [0.25, 0.3) is 0 Å². The number of aliphatic hydroxyl groups is 1. The first-order chi connectivity index (χ1) is 10.2. The van der Waals surface area contributed by atoms with Crippen LogP contribution in [0.4, 0.5) is 0 Å². The summed E-state index contributed by atoms with van der Waals surface area (Å²) in [5.41, 5.74) is 1.82. The highest BCUT2D eigenvalue weighted by Crippen LogP contribution is 2.13. The fourth-order valence-corrected chi connectivity index (χ4v) is 2.92. The highest BCUT2D eigenvalue weighted by Gasteiger charge is 2.15. The van der Waals surface area contributed by atoms with E-state index in [-0.39, 0.29) is 12.5 Å². The van der Waals surface area contributed by atoms with Gasteiger partial charge in [0.05, 0.1) is 25.2 Å². The number of hydrogen-bond donors (Lipinski definition) is 2. The van der Waals surface area contributed by atoms with Crippen molar-refractivity contribution in [1.29, 1.82) is 0 Å². The van der Waals surface area contributed by atoms with E-state index in [2.05, 4.69) is 21.4 Å². The fourth-order valence-electron chi connectivity index (χ4n) is 2.17. The second-order valence-corrected chi connectivity index (χ2v) is 5.98. The zero-order chi connectivity index (χ0) is 15.1. The molecule has 0 aliphatic rings. The monoisotopic (exact) mass is 307 g/mol. The summed E-state index contributed by atoms with van der Waals surface area (Å²) >= 11 is 1.72. The summed E-state index contributed by atoms with van der Waals surface area (Å²) in [5.74, 6) is 0.0722. The van der Waals surface area contributed by atoms with Crippen LogP contribution < -0.4 is 0 Å².